The molecule has 3 nitrogen and oxygen atoms in total. The topological polar surface area (TPSA) is 46.5 Å². The maximum absolute atomic E-state index is 13.6. The Bertz CT molecular complexity index is 545. The van der Waals surface area contributed by atoms with Crippen molar-refractivity contribution in [3.63, 3.8) is 0 Å². The number of hydrogen-bond acceptors (Lipinski definition) is 3. The van der Waals surface area contributed by atoms with Gasteiger partial charge in [-0.05, 0) is 62.2 Å². The van der Waals surface area contributed by atoms with Gasteiger partial charge in [-0.1, -0.05) is 27.2 Å². The molecular formula is C21H34O3. The first-order valence-corrected chi connectivity index (χ1v) is 10.1. The van der Waals surface area contributed by atoms with E-state index in [9.17, 15) is 9.90 Å². The second-order valence-electron chi connectivity index (χ2n) is 9.69. The summed E-state index contributed by atoms with van der Waals surface area (Å²) in [5.74, 6) is 1.56. The van der Waals surface area contributed by atoms with Gasteiger partial charge in [0.15, 0.2) is 0 Å². The molecule has 2 bridgehead atoms. The summed E-state index contributed by atoms with van der Waals surface area (Å²) in [5.41, 5.74) is -0.241. The molecule has 24 heavy (non-hydrogen) atoms. The highest BCUT2D eigenvalue weighted by molar-refractivity contribution is 5.87. The molecule has 0 aromatic rings. The quantitative estimate of drug-likeness (QED) is 0.849. The Morgan fingerprint density at radius 1 is 1.25 bits per heavy atom. The normalized spacial score (nSPS) is 56.2. The highest BCUT2D eigenvalue weighted by atomic mass is 16.5. The molecule has 0 saturated heterocycles. The van der Waals surface area contributed by atoms with Gasteiger partial charge in [0.25, 0.3) is 0 Å². The number of rotatable bonds is 3. The zero-order chi connectivity index (χ0) is 17.3. The molecule has 1 spiro atoms. The van der Waals surface area contributed by atoms with Crippen molar-refractivity contribution in [2.45, 2.75) is 84.3 Å². The van der Waals surface area contributed by atoms with Crippen LogP contribution in [0.25, 0.3) is 0 Å². The van der Waals surface area contributed by atoms with Crippen LogP contribution in [0.1, 0.15) is 72.1 Å². The summed E-state index contributed by atoms with van der Waals surface area (Å²) in [4.78, 5) is 13.6. The molecule has 0 heterocycles. The second-order valence-corrected chi connectivity index (χ2v) is 9.69. The molecule has 136 valence electrons. The summed E-state index contributed by atoms with van der Waals surface area (Å²) in [6.45, 7) is 6.49. The number of hydrogen-bond donors (Lipinski definition) is 1. The fraction of sp³-hybridized carbons (Fsp3) is 0.952. The molecule has 3 heteroatoms. The minimum Gasteiger partial charge on any atom is -0.392 e. The summed E-state index contributed by atoms with van der Waals surface area (Å²) in [6, 6.07) is 0. The van der Waals surface area contributed by atoms with E-state index in [0.29, 0.717) is 24.0 Å². The summed E-state index contributed by atoms with van der Waals surface area (Å²) in [6.07, 6.45) is 8.14. The largest absolute Gasteiger partial charge is 0.392 e. The van der Waals surface area contributed by atoms with Crippen LogP contribution in [0.4, 0.5) is 0 Å². The number of ether oxygens (including phenoxy) is 1. The first kappa shape index (κ1) is 17.0. The van der Waals surface area contributed by atoms with E-state index in [2.05, 4.69) is 20.8 Å². The van der Waals surface area contributed by atoms with Gasteiger partial charge in [0, 0.05) is 23.9 Å². The van der Waals surface area contributed by atoms with Crippen molar-refractivity contribution in [3.8, 4) is 0 Å². The van der Waals surface area contributed by atoms with Gasteiger partial charge in [-0.15, -0.1) is 0 Å². The van der Waals surface area contributed by atoms with Gasteiger partial charge in [0.1, 0.15) is 5.78 Å². The highest BCUT2D eigenvalue weighted by Gasteiger charge is 2.75. The van der Waals surface area contributed by atoms with E-state index in [1.165, 1.54) is 6.42 Å². The van der Waals surface area contributed by atoms with Gasteiger partial charge in [0.2, 0.25) is 0 Å². The van der Waals surface area contributed by atoms with Crippen LogP contribution < -0.4 is 0 Å². The zero-order valence-corrected chi connectivity index (χ0v) is 15.8. The van der Waals surface area contributed by atoms with Crippen LogP contribution in [-0.4, -0.2) is 30.2 Å². The van der Waals surface area contributed by atoms with Crippen LogP contribution in [0.3, 0.4) is 0 Å². The molecule has 0 amide bonds. The first-order chi connectivity index (χ1) is 11.4. The predicted octanol–water partition coefficient (Wildman–Crippen LogP) is 3.97. The van der Waals surface area contributed by atoms with E-state index in [4.69, 9.17) is 4.74 Å². The van der Waals surface area contributed by atoms with Crippen LogP contribution >= 0.6 is 0 Å². The zero-order valence-electron chi connectivity index (χ0n) is 15.8. The number of methoxy groups -OCH3 is 1. The minimum atomic E-state index is -0.353. The number of ketones is 1. The molecule has 8 atom stereocenters. The number of carbonyl (C=O) groups excluding carboxylic acids is 1. The minimum absolute atomic E-state index is 0.0411. The van der Waals surface area contributed by atoms with E-state index in [1.54, 1.807) is 0 Å². The van der Waals surface area contributed by atoms with E-state index in [-0.39, 0.29) is 34.4 Å². The monoisotopic (exact) mass is 334 g/mol. The summed E-state index contributed by atoms with van der Waals surface area (Å²) >= 11 is 0. The molecule has 4 aliphatic carbocycles. The number of aliphatic hydroxyl groups excluding tert-OH is 1. The Morgan fingerprint density at radius 2 is 1.96 bits per heavy atom. The van der Waals surface area contributed by atoms with E-state index >= 15 is 0 Å². The highest BCUT2D eigenvalue weighted by Crippen LogP contribution is 2.77. The average molecular weight is 334 g/mol. The lowest BCUT2D eigenvalue weighted by Gasteiger charge is -2.54. The standard InChI is InChI=1S/C21H34O3/c1-5-8-19(3)12-16(22)21-11-14(21)6-9-20(13(2)18(19)23)10-7-15(24-4)17(20)21/h13-17,22H,5-12H2,1-4H3/t13-,14-,15+,16+,17?,19+,20?,21-/m0/s1. The fourth-order valence-electron chi connectivity index (χ4n) is 7.68. The molecule has 4 fully saturated rings. The van der Waals surface area contributed by atoms with Gasteiger partial charge in [-0.2, -0.15) is 0 Å². The maximum atomic E-state index is 13.6. The molecule has 4 aliphatic rings. The Morgan fingerprint density at radius 3 is 2.62 bits per heavy atom. The van der Waals surface area contributed by atoms with Gasteiger partial charge < -0.3 is 9.84 Å². The molecule has 0 radical (unpaired) electrons. The van der Waals surface area contributed by atoms with Gasteiger partial charge in [-0.25, -0.2) is 0 Å². The molecule has 0 aromatic heterocycles. The lowest BCUT2D eigenvalue weighted by molar-refractivity contribution is -0.160. The van der Waals surface area contributed by atoms with Gasteiger partial charge in [0.05, 0.1) is 12.2 Å². The Hall–Kier alpha value is -0.410. The number of aliphatic hydroxyl groups is 1. The van der Waals surface area contributed by atoms with Gasteiger partial charge >= 0.3 is 0 Å². The molecular weight excluding hydrogens is 300 g/mol. The molecule has 1 N–H and O–H groups in total. The molecule has 4 rings (SSSR count). The first-order valence-electron chi connectivity index (χ1n) is 10.1. The van der Waals surface area contributed by atoms with Crippen molar-refractivity contribution in [1.29, 1.82) is 0 Å². The second kappa shape index (κ2) is 5.30. The number of Topliss-reactive ketones (excluding diaryl/α,β-unsaturated/α-hetero) is 1. The third-order valence-electron chi connectivity index (χ3n) is 8.84. The van der Waals surface area contributed by atoms with Crippen LogP contribution in [0, 0.1) is 34.0 Å². The molecule has 0 aromatic carbocycles. The molecule has 0 aliphatic heterocycles. The smallest absolute Gasteiger partial charge is 0.142 e. The van der Waals surface area contributed by atoms with Gasteiger partial charge in [-0.3, -0.25) is 4.79 Å². The number of carbonyl (C=O) groups is 1. The predicted molar refractivity (Wildman–Crippen MR) is 93.5 cm³/mol. The van der Waals surface area contributed by atoms with Crippen molar-refractivity contribution >= 4 is 5.78 Å². The Balaban J connectivity index is 1.83. The van der Waals surface area contributed by atoms with Crippen LogP contribution in [0.5, 0.6) is 0 Å². The summed E-state index contributed by atoms with van der Waals surface area (Å²) < 4.78 is 5.91. The summed E-state index contributed by atoms with van der Waals surface area (Å²) in [5, 5.41) is 11.3. The van der Waals surface area contributed by atoms with E-state index in [0.717, 1.165) is 38.5 Å². The van der Waals surface area contributed by atoms with Crippen molar-refractivity contribution in [3.05, 3.63) is 0 Å². The SMILES string of the molecule is CCC[C@]1(C)C[C@@H](O)[C@]23C[C@@H]2CCC2(CC[C@@H](OC)C23)[C@@H](C)C1=O. The van der Waals surface area contributed by atoms with E-state index in [1.807, 2.05) is 7.11 Å². The molecule has 4 saturated carbocycles. The van der Waals surface area contributed by atoms with Crippen molar-refractivity contribution in [2.75, 3.05) is 7.11 Å². The van der Waals surface area contributed by atoms with Crippen molar-refractivity contribution in [2.24, 2.45) is 34.0 Å². The Kier molecular flexibility index (Phi) is 3.76. The average Bonchev–Trinajstić information content (AvgIpc) is 3.19. The fourth-order valence-corrected chi connectivity index (χ4v) is 7.68. The van der Waals surface area contributed by atoms with Crippen LogP contribution in [-0.2, 0) is 9.53 Å². The molecule has 2 unspecified atom stereocenters. The van der Waals surface area contributed by atoms with Crippen LogP contribution in [0.2, 0.25) is 0 Å². The van der Waals surface area contributed by atoms with Crippen molar-refractivity contribution in [1.82, 2.24) is 0 Å². The maximum Gasteiger partial charge on any atom is 0.142 e. The third-order valence-corrected chi connectivity index (χ3v) is 8.84. The van der Waals surface area contributed by atoms with Crippen LogP contribution in [0.15, 0.2) is 0 Å². The van der Waals surface area contributed by atoms with E-state index < -0.39 is 0 Å². The Labute approximate surface area is 146 Å². The third kappa shape index (κ3) is 1.89. The van der Waals surface area contributed by atoms with Crippen molar-refractivity contribution < 1.29 is 14.6 Å². The summed E-state index contributed by atoms with van der Waals surface area (Å²) in [7, 11) is 1.83. The lowest BCUT2D eigenvalue weighted by Crippen LogP contribution is -2.56. The lowest BCUT2D eigenvalue weighted by atomic mass is 9.50.